The molecule has 2 heterocycles. The van der Waals surface area contributed by atoms with Gasteiger partial charge in [-0.05, 0) is 37.5 Å². The average Bonchev–Trinajstić information content (AvgIpc) is 3.08. The molecule has 1 saturated carbocycles. The second kappa shape index (κ2) is 4.87. The van der Waals surface area contributed by atoms with E-state index < -0.39 is 0 Å². The van der Waals surface area contributed by atoms with Crippen LogP contribution >= 0.6 is 11.6 Å². The largest absolute Gasteiger partial charge is 0.356 e. The highest BCUT2D eigenvalue weighted by molar-refractivity contribution is 6.30. The monoisotopic (exact) mass is 293 g/mol. The molecule has 0 bridgehead atoms. The fourth-order valence-corrected chi connectivity index (χ4v) is 3.16. The smallest absolute Gasteiger partial charge is 0.137 e. The second-order valence-corrected chi connectivity index (χ2v) is 7.75. The summed E-state index contributed by atoms with van der Waals surface area (Å²) >= 11 is 6.32. The number of rotatable bonds is 2. The van der Waals surface area contributed by atoms with Gasteiger partial charge in [-0.3, -0.25) is 0 Å². The fourth-order valence-electron chi connectivity index (χ4n) is 2.99. The SMILES string of the molecule is Cc1c(Cl)nc(C2CC2)nc1N1CCC(C(C)(C)C)C1. The van der Waals surface area contributed by atoms with E-state index in [0.717, 1.165) is 36.2 Å². The molecule has 1 aromatic rings. The molecular formula is C16H24ClN3. The quantitative estimate of drug-likeness (QED) is 0.766. The first kappa shape index (κ1) is 14.1. The van der Waals surface area contributed by atoms with Gasteiger partial charge in [0.15, 0.2) is 0 Å². The highest BCUT2D eigenvalue weighted by Gasteiger charge is 2.34. The lowest BCUT2D eigenvalue weighted by atomic mass is 9.80. The van der Waals surface area contributed by atoms with Gasteiger partial charge in [-0.2, -0.15) is 0 Å². The van der Waals surface area contributed by atoms with E-state index in [1.54, 1.807) is 0 Å². The summed E-state index contributed by atoms with van der Waals surface area (Å²) in [5, 5.41) is 0.635. The third-order valence-corrected chi connectivity index (χ3v) is 5.10. The van der Waals surface area contributed by atoms with Crippen LogP contribution in [0.1, 0.15) is 57.3 Å². The molecule has 1 unspecified atom stereocenters. The van der Waals surface area contributed by atoms with Gasteiger partial charge in [-0.15, -0.1) is 0 Å². The van der Waals surface area contributed by atoms with Crippen LogP contribution in [0.2, 0.25) is 5.15 Å². The lowest BCUT2D eigenvalue weighted by Crippen LogP contribution is -2.27. The van der Waals surface area contributed by atoms with Crippen LogP contribution in [-0.2, 0) is 0 Å². The number of halogens is 1. The van der Waals surface area contributed by atoms with E-state index in [0.29, 0.717) is 16.5 Å². The number of nitrogens with zero attached hydrogens (tertiary/aromatic N) is 3. The number of aromatic nitrogens is 2. The van der Waals surface area contributed by atoms with Crippen molar-refractivity contribution in [1.82, 2.24) is 9.97 Å². The predicted octanol–water partition coefficient (Wildman–Crippen LogP) is 4.19. The second-order valence-electron chi connectivity index (χ2n) is 7.39. The summed E-state index contributed by atoms with van der Waals surface area (Å²) in [6, 6.07) is 0. The third-order valence-electron chi connectivity index (χ3n) is 4.73. The lowest BCUT2D eigenvalue weighted by molar-refractivity contribution is 0.263. The zero-order valence-electron chi connectivity index (χ0n) is 12.9. The van der Waals surface area contributed by atoms with E-state index in [-0.39, 0.29) is 0 Å². The van der Waals surface area contributed by atoms with Crippen molar-refractivity contribution in [1.29, 1.82) is 0 Å². The first-order valence-electron chi connectivity index (χ1n) is 7.65. The van der Waals surface area contributed by atoms with Gasteiger partial charge in [0.25, 0.3) is 0 Å². The molecule has 4 heteroatoms. The van der Waals surface area contributed by atoms with E-state index in [4.69, 9.17) is 16.6 Å². The van der Waals surface area contributed by atoms with Crippen molar-refractivity contribution in [2.24, 2.45) is 11.3 Å². The first-order chi connectivity index (χ1) is 9.36. The molecule has 2 aliphatic rings. The Balaban J connectivity index is 1.87. The summed E-state index contributed by atoms with van der Waals surface area (Å²) in [4.78, 5) is 11.7. The van der Waals surface area contributed by atoms with Gasteiger partial charge < -0.3 is 4.90 Å². The number of anilines is 1. The van der Waals surface area contributed by atoms with Gasteiger partial charge >= 0.3 is 0 Å². The maximum Gasteiger partial charge on any atom is 0.137 e. The van der Waals surface area contributed by atoms with Gasteiger partial charge in [-0.25, -0.2) is 9.97 Å². The molecule has 3 nitrogen and oxygen atoms in total. The van der Waals surface area contributed by atoms with Crippen molar-refractivity contribution in [2.45, 2.75) is 52.9 Å². The molecule has 20 heavy (non-hydrogen) atoms. The molecule has 0 radical (unpaired) electrons. The Labute approximate surface area is 126 Å². The summed E-state index contributed by atoms with van der Waals surface area (Å²) in [7, 11) is 0. The molecule has 2 fully saturated rings. The van der Waals surface area contributed by atoms with Gasteiger partial charge in [0.2, 0.25) is 0 Å². The molecule has 1 atom stereocenters. The average molecular weight is 294 g/mol. The molecule has 110 valence electrons. The highest BCUT2D eigenvalue weighted by Crippen LogP contribution is 2.41. The van der Waals surface area contributed by atoms with Gasteiger partial charge in [0.1, 0.15) is 16.8 Å². The van der Waals surface area contributed by atoms with Crippen molar-refractivity contribution in [3.63, 3.8) is 0 Å². The molecule has 0 amide bonds. The normalized spacial score (nSPS) is 23.4. The minimum absolute atomic E-state index is 0.360. The van der Waals surface area contributed by atoms with E-state index in [2.05, 4.69) is 30.7 Å². The first-order valence-corrected chi connectivity index (χ1v) is 8.03. The number of hydrogen-bond donors (Lipinski definition) is 0. The molecule has 1 aliphatic carbocycles. The van der Waals surface area contributed by atoms with Crippen molar-refractivity contribution in [3.8, 4) is 0 Å². The maximum absolute atomic E-state index is 6.32. The van der Waals surface area contributed by atoms with E-state index in [1.807, 2.05) is 6.92 Å². The summed E-state index contributed by atoms with van der Waals surface area (Å²) in [5.74, 6) is 3.29. The van der Waals surface area contributed by atoms with E-state index in [9.17, 15) is 0 Å². The Morgan fingerprint density at radius 1 is 1.15 bits per heavy atom. The Morgan fingerprint density at radius 2 is 1.85 bits per heavy atom. The minimum Gasteiger partial charge on any atom is -0.356 e. The van der Waals surface area contributed by atoms with E-state index >= 15 is 0 Å². The van der Waals surface area contributed by atoms with Crippen LogP contribution in [-0.4, -0.2) is 23.1 Å². The Kier molecular flexibility index (Phi) is 3.44. The van der Waals surface area contributed by atoms with Gasteiger partial charge in [-0.1, -0.05) is 32.4 Å². The topological polar surface area (TPSA) is 29.0 Å². The predicted molar refractivity (Wildman–Crippen MR) is 83.5 cm³/mol. The Hall–Kier alpha value is -0.830. The van der Waals surface area contributed by atoms with Crippen LogP contribution in [0.3, 0.4) is 0 Å². The number of hydrogen-bond acceptors (Lipinski definition) is 3. The van der Waals surface area contributed by atoms with Crippen molar-refractivity contribution < 1.29 is 0 Å². The molecule has 0 N–H and O–H groups in total. The van der Waals surface area contributed by atoms with Crippen LogP contribution in [0, 0.1) is 18.3 Å². The van der Waals surface area contributed by atoms with Crippen LogP contribution in [0.25, 0.3) is 0 Å². The van der Waals surface area contributed by atoms with Gasteiger partial charge in [0, 0.05) is 24.6 Å². The molecule has 0 spiro atoms. The molecule has 1 saturated heterocycles. The zero-order chi connectivity index (χ0) is 14.5. The maximum atomic E-state index is 6.32. The summed E-state index contributed by atoms with van der Waals surface area (Å²) < 4.78 is 0. The van der Waals surface area contributed by atoms with Crippen molar-refractivity contribution >= 4 is 17.4 Å². The van der Waals surface area contributed by atoms with Crippen LogP contribution in [0.4, 0.5) is 5.82 Å². The molecule has 1 aliphatic heterocycles. The molecule has 3 rings (SSSR count). The van der Waals surface area contributed by atoms with Crippen molar-refractivity contribution in [3.05, 3.63) is 16.5 Å². The van der Waals surface area contributed by atoms with Crippen LogP contribution in [0.5, 0.6) is 0 Å². The van der Waals surface area contributed by atoms with Crippen molar-refractivity contribution in [2.75, 3.05) is 18.0 Å². The summed E-state index contributed by atoms with van der Waals surface area (Å²) in [5.41, 5.74) is 1.39. The minimum atomic E-state index is 0.360. The Morgan fingerprint density at radius 3 is 2.40 bits per heavy atom. The summed E-state index contributed by atoms with van der Waals surface area (Å²) in [6.07, 6.45) is 3.66. The Bertz CT molecular complexity index is 517. The summed E-state index contributed by atoms with van der Waals surface area (Å²) in [6.45, 7) is 11.2. The third kappa shape index (κ3) is 2.65. The fraction of sp³-hybridized carbons (Fsp3) is 0.750. The highest BCUT2D eigenvalue weighted by atomic mass is 35.5. The molecular weight excluding hydrogens is 270 g/mol. The van der Waals surface area contributed by atoms with Gasteiger partial charge in [0.05, 0.1) is 0 Å². The van der Waals surface area contributed by atoms with Crippen LogP contribution in [0.15, 0.2) is 0 Å². The van der Waals surface area contributed by atoms with Crippen LogP contribution < -0.4 is 4.90 Å². The molecule has 1 aromatic heterocycles. The standard InChI is InChI=1S/C16H24ClN3/c1-10-13(17)18-14(11-5-6-11)19-15(10)20-8-7-12(9-20)16(2,3)4/h11-12H,5-9H2,1-4H3. The molecule has 0 aromatic carbocycles. The van der Waals surface area contributed by atoms with E-state index in [1.165, 1.54) is 19.3 Å². The lowest BCUT2D eigenvalue weighted by Gasteiger charge is -2.27. The zero-order valence-corrected chi connectivity index (χ0v) is 13.7.